The van der Waals surface area contributed by atoms with Gasteiger partial charge >= 0.3 is 0 Å². The van der Waals surface area contributed by atoms with Gasteiger partial charge in [-0.25, -0.2) is 0 Å². The number of aryl methyl sites for hydroxylation is 1. The molecular formula is C18H24N4. The molecule has 3 rings (SSSR count). The molecule has 2 N–H and O–H groups in total. The smallest absolute Gasteiger partial charge is 0.151 e. The summed E-state index contributed by atoms with van der Waals surface area (Å²) >= 11 is 0. The summed E-state index contributed by atoms with van der Waals surface area (Å²) in [6, 6.07) is 12.7. The van der Waals surface area contributed by atoms with Crippen molar-refractivity contribution in [1.29, 1.82) is 0 Å². The number of aromatic nitrogens is 2. The molecule has 22 heavy (non-hydrogen) atoms. The molecule has 2 heterocycles. The fourth-order valence-corrected chi connectivity index (χ4v) is 2.96. The number of rotatable bonds is 4. The van der Waals surface area contributed by atoms with Crippen molar-refractivity contribution >= 4 is 5.82 Å². The maximum atomic E-state index is 5.75. The van der Waals surface area contributed by atoms with E-state index in [4.69, 9.17) is 5.73 Å². The molecule has 0 spiro atoms. The Balaban J connectivity index is 1.69. The van der Waals surface area contributed by atoms with Gasteiger partial charge in [0.15, 0.2) is 5.82 Å². The van der Waals surface area contributed by atoms with E-state index in [1.807, 2.05) is 0 Å². The van der Waals surface area contributed by atoms with Crippen molar-refractivity contribution < 1.29 is 0 Å². The van der Waals surface area contributed by atoms with Crippen LogP contribution in [0.25, 0.3) is 11.3 Å². The molecule has 4 heteroatoms. The molecule has 2 aromatic rings. The fourth-order valence-electron chi connectivity index (χ4n) is 2.96. The monoisotopic (exact) mass is 296 g/mol. The second kappa shape index (κ2) is 6.88. The number of anilines is 1. The Hall–Kier alpha value is -1.94. The number of hydrogen-bond acceptors (Lipinski definition) is 4. The van der Waals surface area contributed by atoms with E-state index in [2.05, 4.69) is 58.4 Å². The first-order chi connectivity index (χ1) is 10.8. The van der Waals surface area contributed by atoms with Crippen LogP contribution in [0.3, 0.4) is 0 Å². The van der Waals surface area contributed by atoms with Gasteiger partial charge in [-0.2, -0.15) is 0 Å². The first-order valence-corrected chi connectivity index (χ1v) is 8.18. The van der Waals surface area contributed by atoms with Gasteiger partial charge in [0.2, 0.25) is 0 Å². The van der Waals surface area contributed by atoms with Gasteiger partial charge in [0.05, 0.1) is 5.69 Å². The Morgan fingerprint density at radius 3 is 2.32 bits per heavy atom. The van der Waals surface area contributed by atoms with Gasteiger partial charge in [-0.3, -0.25) is 0 Å². The van der Waals surface area contributed by atoms with Crippen LogP contribution >= 0.6 is 0 Å². The molecule has 4 nitrogen and oxygen atoms in total. The summed E-state index contributed by atoms with van der Waals surface area (Å²) in [5.41, 5.74) is 9.15. The van der Waals surface area contributed by atoms with Crippen LogP contribution in [-0.4, -0.2) is 29.8 Å². The zero-order chi connectivity index (χ0) is 15.4. The minimum atomic E-state index is 0.667. The second-order valence-electron chi connectivity index (χ2n) is 5.99. The zero-order valence-electron chi connectivity index (χ0n) is 13.2. The van der Waals surface area contributed by atoms with Crippen molar-refractivity contribution in [2.24, 2.45) is 11.7 Å². The lowest BCUT2D eigenvalue weighted by molar-refractivity contribution is 0.412. The van der Waals surface area contributed by atoms with Crippen LogP contribution in [0.15, 0.2) is 36.4 Å². The van der Waals surface area contributed by atoms with E-state index in [0.29, 0.717) is 5.92 Å². The van der Waals surface area contributed by atoms with Crippen molar-refractivity contribution in [2.45, 2.75) is 26.2 Å². The van der Waals surface area contributed by atoms with E-state index < -0.39 is 0 Å². The Morgan fingerprint density at radius 1 is 1.05 bits per heavy atom. The Bertz CT molecular complexity index is 583. The van der Waals surface area contributed by atoms with E-state index in [9.17, 15) is 0 Å². The van der Waals surface area contributed by atoms with Crippen LogP contribution in [0.4, 0.5) is 5.82 Å². The highest BCUT2D eigenvalue weighted by Crippen LogP contribution is 2.23. The summed E-state index contributed by atoms with van der Waals surface area (Å²) in [6.07, 6.45) is 3.36. The number of benzene rings is 1. The van der Waals surface area contributed by atoms with Crippen molar-refractivity contribution in [2.75, 3.05) is 24.5 Å². The maximum Gasteiger partial charge on any atom is 0.151 e. The molecule has 1 aliphatic rings. The molecular weight excluding hydrogens is 272 g/mol. The molecule has 0 saturated carbocycles. The molecule has 0 bridgehead atoms. The van der Waals surface area contributed by atoms with Gasteiger partial charge in [0, 0.05) is 18.7 Å². The van der Waals surface area contributed by atoms with Gasteiger partial charge in [-0.15, -0.1) is 10.2 Å². The largest absolute Gasteiger partial charge is 0.355 e. The lowest BCUT2D eigenvalue weighted by Gasteiger charge is -2.31. The molecule has 0 unspecified atom stereocenters. The predicted molar refractivity (Wildman–Crippen MR) is 90.8 cm³/mol. The Kier molecular flexibility index (Phi) is 4.68. The number of piperidine rings is 1. The highest BCUT2D eigenvalue weighted by molar-refractivity contribution is 5.60. The third kappa shape index (κ3) is 3.28. The highest BCUT2D eigenvalue weighted by Gasteiger charge is 2.19. The summed E-state index contributed by atoms with van der Waals surface area (Å²) in [7, 11) is 0. The van der Waals surface area contributed by atoms with Gasteiger partial charge in [0.1, 0.15) is 0 Å². The van der Waals surface area contributed by atoms with Crippen LogP contribution in [0.2, 0.25) is 0 Å². The topological polar surface area (TPSA) is 55.0 Å². The predicted octanol–water partition coefficient (Wildman–Crippen LogP) is 2.88. The third-order valence-corrected chi connectivity index (χ3v) is 4.58. The quantitative estimate of drug-likeness (QED) is 0.942. The number of hydrogen-bond donors (Lipinski definition) is 1. The van der Waals surface area contributed by atoms with Gasteiger partial charge in [0.25, 0.3) is 0 Å². The minimum Gasteiger partial charge on any atom is -0.355 e. The SMILES string of the molecule is CCc1ccc(-c2ccc(N3CCC(CN)CC3)nn2)cc1. The minimum absolute atomic E-state index is 0.667. The Labute approximate surface area is 132 Å². The van der Waals surface area contributed by atoms with Crippen molar-refractivity contribution in [1.82, 2.24) is 10.2 Å². The van der Waals surface area contributed by atoms with E-state index >= 15 is 0 Å². The van der Waals surface area contributed by atoms with Gasteiger partial charge in [-0.05, 0) is 49.4 Å². The molecule has 1 aromatic carbocycles. The van der Waals surface area contributed by atoms with E-state index in [-0.39, 0.29) is 0 Å². The molecule has 0 radical (unpaired) electrons. The van der Waals surface area contributed by atoms with Crippen molar-refractivity contribution in [3.8, 4) is 11.3 Å². The molecule has 0 aliphatic carbocycles. The lowest BCUT2D eigenvalue weighted by Crippen LogP contribution is -2.36. The van der Waals surface area contributed by atoms with Crippen LogP contribution in [0, 0.1) is 5.92 Å². The first kappa shape index (κ1) is 15.0. The van der Waals surface area contributed by atoms with E-state index in [1.54, 1.807) is 0 Å². The van der Waals surface area contributed by atoms with Crippen LogP contribution in [0.5, 0.6) is 0 Å². The second-order valence-corrected chi connectivity index (χ2v) is 5.99. The van der Waals surface area contributed by atoms with Gasteiger partial charge < -0.3 is 10.6 Å². The molecule has 1 aliphatic heterocycles. The summed E-state index contributed by atoms with van der Waals surface area (Å²) < 4.78 is 0. The van der Waals surface area contributed by atoms with E-state index in [1.165, 1.54) is 5.56 Å². The summed E-state index contributed by atoms with van der Waals surface area (Å²) in [6.45, 7) is 5.02. The normalized spacial score (nSPS) is 16.0. The summed E-state index contributed by atoms with van der Waals surface area (Å²) in [4.78, 5) is 2.31. The average molecular weight is 296 g/mol. The molecule has 1 saturated heterocycles. The maximum absolute atomic E-state index is 5.75. The molecule has 1 aromatic heterocycles. The first-order valence-electron chi connectivity index (χ1n) is 8.18. The molecule has 0 amide bonds. The van der Waals surface area contributed by atoms with Crippen molar-refractivity contribution in [3.63, 3.8) is 0 Å². The molecule has 116 valence electrons. The molecule has 1 fully saturated rings. The number of nitrogens with zero attached hydrogens (tertiary/aromatic N) is 3. The number of nitrogens with two attached hydrogens (primary N) is 1. The lowest BCUT2D eigenvalue weighted by atomic mass is 9.97. The van der Waals surface area contributed by atoms with Crippen LogP contribution < -0.4 is 10.6 Å². The van der Waals surface area contributed by atoms with Crippen LogP contribution in [0.1, 0.15) is 25.3 Å². The highest BCUT2D eigenvalue weighted by atomic mass is 15.3. The zero-order valence-corrected chi connectivity index (χ0v) is 13.2. The van der Waals surface area contributed by atoms with Gasteiger partial charge in [-0.1, -0.05) is 31.2 Å². The fraction of sp³-hybridized carbons (Fsp3) is 0.444. The van der Waals surface area contributed by atoms with Crippen molar-refractivity contribution in [3.05, 3.63) is 42.0 Å². The Morgan fingerprint density at radius 2 is 1.77 bits per heavy atom. The van der Waals surface area contributed by atoms with E-state index in [0.717, 1.165) is 56.0 Å². The third-order valence-electron chi connectivity index (χ3n) is 4.58. The van der Waals surface area contributed by atoms with Crippen LogP contribution in [-0.2, 0) is 6.42 Å². The summed E-state index contributed by atoms with van der Waals surface area (Å²) in [5.74, 6) is 1.64. The molecule has 0 atom stereocenters. The summed E-state index contributed by atoms with van der Waals surface area (Å²) in [5, 5.41) is 8.82. The average Bonchev–Trinajstić information content (AvgIpc) is 2.62. The standard InChI is InChI=1S/C18H24N4/c1-2-14-3-5-16(6-4-14)17-7-8-18(21-20-17)22-11-9-15(13-19)10-12-22/h3-8,15H,2,9-13,19H2,1H3.